The molecule has 0 bridgehead atoms. The van der Waals surface area contributed by atoms with Crippen molar-refractivity contribution in [2.24, 2.45) is 0 Å². The fourth-order valence-electron chi connectivity index (χ4n) is 4.88. The third kappa shape index (κ3) is 9.24. The number of alkyl halides is 6. The average molecular weight is 602 g/mol. The zero-order chi connectivity index (χ0) is 27.5. The molecule has 0 nitrogen and oxygen atoms in total. The molecule has 0 aliphatic heterocycles. The molecule has 0 fully saturated rings. The number of benzene rings is 1. The largest absolute Gasteiger partial charge is 0.748 e. The van der Waals surface area contributed by atoms with Crippen LogP contribution in [0.25, 0.3) is 0 Å². The fourth-order valence-corrected chi connectivity index (χ4v) is 11.3. The van der Waals surface area contributed by atoms with Gasteiger partial charge in [-0.05, 0) is 27.3 Å². The van der Waals surface area contributed by atoms with Crippen molar-refractivity contribution in [1.82, 2.24) is 0 Å². The normalized spacial score (nSPS) is 13.9. The van der Waals surface area contributed by atoms with Gasteiger partial charge in [0.15, 0.2) is 0 Å². The molecule has 37 heavy (non-hydrogen) atoms. The standard InChI is InChI=1S/C23H29F6P2.C5H5.Fe/c1-14(31(20(2,3)4)21(5,6)7)15-10-8-12-17(15)30-18-13-9-11-16(22(24,25)26)19(18)23(27,28)29;1-2-4-5-3-1;/h8-14,30H,1-7H3;1-5H;/q-1;-5;. The van der Waals surface area contributed by atoms with Crippen molar-refractivity contribution in [2.75, 3.05) is 0 Å². The summed E-state index contributed by atoms with van der Waals surface area (Å²) in [6.45, 7) is 15.1. The van der Waals surface area contributed by atoms with E-state index in [1.54, 1.807) is 12.1 Å². The van der Waals surface area contributed by atoms with Crippen molar-refractivity contribution in [2.45, 2.75) is 76.8 Å². The summed E-state index contributed by atoms with van der Waals surface area (Å²) in [5.74, 6) is 0. The van der Waals surface area contributed by atoms with Gasteiger partial charge in [-0.25, -0.2) is 12.1 Å². The van der Waals surface area contributed by atoms with E-state index in [0.717, 1.165) is 17.7 Å². The Hall–Kier alpha value is -1.12. The van der Waals surface area contributed by atoms with Gasteiger partial charge in [0, 0.05) is 17.1 Å². The summed E-state index contributed by atoms with van der Waals surface area (Å²) in [6.07, 6.45) is -10.2. The van der Waals surface area contributed by atoms with Crippen molar-refractivity contribution < 1.29 is 43.4 Å². The average Bonchev–Trinajstić information content (AvgIpc) is 3.39. The third-order valence-corrected chi connectivity index (χ3v) is 11.0. The first kappa shape index (κ1) is 33.9. The van der Waals surface area contributed by atoms with Crippen LogP contribution in [0.1, 0.15) is 70.8 Å². The van der Waals surface area contributed by atoms with Gasteiger partial charge in [0.25, 0.3) is 0 Å². The van der Waals surface area contributed by atoms with E-state index in [4.69, 9.17) is 0 Å². The Kier molecular flexibility index (Phi) is 11.7. The molecular formula is C28H34F6FeP2-6. The molecular weight excluding hydrogens is 568 g/mol. The summed E-state index contributed by atoms with van der Waals surface area (Å²) >= 11 is 0. The number of hydrogen-bond donors (Lipinski definition) is 0. The summed E-state index contributed by atoms with van der Waals surface area (Å²) in [4.78, 5) is 0. The Labute approximate surface area is 230 Å². The van der Waals surface area contributed by atoms with E-state index in [2.05, 4.69) is 48.5 Å². The van der Waals surface area contributed by atoms with Crippen molar-refractivity contribution in [3.63, 3.8) is 0 Å². The van der Waals surface area contributed by atoms with Crippen molar-refractivity contribution in [1.29, 1.82) is 0 Å². The zero-order valence-electron chi connectivity index (χ0n) is 22.0. The van der Waals surface area contributed by atoms with E-state index in [0.29, 0.717) is 11.4 Å². The third-order valence-electron chi connectivity index (χ3n) is 5.61. The number of hydrogen-bond acceptors (Lipinski definition) is 0. The van der Waals surface area contributed by atoms with Crippen LogP contribution < -0.4 is 10.6 Å². The molecule has 0 saturated heterocycles. The molecule has 0 saturated carbocycles. The van der Waals surface area contributed by atoms with Gasteiger partial charge in [-0.1, -0.05) is 69.2 Å². The molecule has 3 rings (SSSR count). The first-order valence-corrected chi connectivity index (χ1v) is 14.0. The van der Waals surface area contributed by atoms with Crippen LogP contribution in [-0.2, 0) is 29.4 Å². The van der Waals surface area contributed by atoms with Crippen LogP contribution in [0.5, 0.6) is 0 Å². The van der Waals surface area contributed by atoms with Gasteiger partial charge in [-0.2, -0.15) is 32.4 Å². The predicted octanol–water partition coefficient (Wildman–Crippen LogP) is 9.62. The Bertz CT molecular complexity index is 1050. The Morgan fingerprint density at radius 1 is 0.757 bits per heavy atom. The summed E-state index contributed by atoms with van der Waals surface area (Å²) in [5, 5.41) is 0.354. The topological polar surface area (TPSA) is 0 Å². The van der Waals surface area contributed by atoms with Gasteiger partial charge in [-0.3, -0.25) is 0 Å². The number of halogens is 6. The summed E-state index contributed by atoms with van der Waals surface area (Å²) in [5.41, 5.74) is -2.18. The molecule has 2 atom stereocenters. The SMILES string of the molecule is CC([c-]1cccc1Pc1cccc(C(F)(F)F)c1C(F)(F)F)P(C(C)(C)C)C(C)(C)C.[Fe].[cH-]1[cH-][cH-][cH-][cH-]1. The van der Waals surface area contributed by atoms with E-state index in [-0.39, 0.29) is 38.3 Å². The Balaban J connectivity index is 0.00000102. The first-order chi connectivity index (χ1) is 16.3. The van der Waals surface area contributed by atoms with E-state index >= 15 is 0 Å². The van der Waals surface area contributed by atoms with Crippen molar-refractivity contribution >= 4 is 27.1 Å². The van der Waals surface area contributed by atoms with Crippen LogP contribution in [0, 0.1) is 0 Å². The molecule has 0 aliphatic carbocycles. The molecule has 2 unspecified atom stereocenters. The Morgan fingerprint density at radius 3 is 1.65 bits per heavy atom. The van der Waals surface area contributed by atoms with Gasteiger partial charge in [-0.15, -0.1) is 18.8 Å². The van der Waals surface area contributed by atoms with Crippen LogP contribution in [0.15, 0.2) is 66.7 Å². The van der Waals surface area contributed by atoms with E-state index in [1.807, 2.05) is 36.4 Å². The maximum Gasteiger partial charge on any atom is 0.417 e. The van der Waals surface area contributed by atoms with Crippen LogP contribution in [-0.4, -0.2) is 10.3 Å². The molecule has 9 heteroatoms. The maximum atomic E-state index is 13.7. The molecule has 0 N–H and O–H groups in total. The van der Waals surface area contributed by atoms with Crippen LogP contribution in [0.3, 0.4) is 0 Å². The quantitative estimate of drug-likeness (QED) is 0.121. The van der Waals surface area contributed by atoms with Crippen molar-refractivity contribution in [3.8, 4) is 0 Å². The summed E-state index contributed by atoms with van der Waals surface area (Å²) < 4.78 is 81.0. The molecule has 0 aliphatic rings. The second-order valence-electron chi connectivity index (χ2n) is 10.6. The van der Waals surface area contributed by atoms with Crippen LogP contribution in [0.4, 0.5) is 26.3 Å². The predicted molar refractivity (Wildman–Crippen MR) is 143 cm³/mol. The van der Waals surface area contributed by atoms with Gasteiger partial charge in [0.05, 0.1) is 11.1 Å². The fraction of sp³-hybridized carbons (Fsp3) is 0.429. The van der Waals surface area contributed by atoms with Gasteiger partial charge >= 0.3 is 12.4 Å². The molecule has 3 aromatic rings. The van der Waals surface area contributed by atoms with Gasteiger partial charge < -0.3 is 30.3 Å². The number of rotatable bonds is 4. The molecule has 0 heterocycles. The molecule has 3 aromatic carbocycles. The summed E-state index contributed by atoms with van der Waals surface area (Å²) in [7, 11) is -1.11. The minimum Gasteiger partial charge on any atom is -0.748 e. The zero-order valence-corrected chi connectivity index (χ0v) is 25.0. The molecule has 0 aromatic heterocycles. The van der Waals surface area contributed by atoms with E-state index in [1.165, 1.54) is 0 Å². The van der Waals surface area contributed by atoms with Gasteiger partial charge in [0.2, 0.25) is 0 Å². The second kappa shape index (κ2) is 12.8. The second-order valence-corrected chi connectivity index (χ2v) is 16.1. The minimum atomic E-state index is -5.09. The van der Waals surface area contributed by atoms with Gasteiger partial charge in [0.1, 0.15) is 0 Å². The molecule has 212 valence electrons. The van der Waals surface area contributed by atoms with E-state index in [9.17, 15) is 26.3 Å². The smallest absolute Gasteiger partial charge is 0.417 e. The maximum absolute atomic E-state index is 13.7. The van der Waals surface area contributed by atoms with Crippen LogP contribution >= 0.6 is 16.5 Å². The Morgan fingerprint density at radius 2 is 1.24 bits per heavy atom. The molecule has 0 amide bonds. The monoisotopic (exact) mass is 602 g/mol. The first-order valence-electron chi connectivity index (χ1n) is 11.6. The molecule has 0 radical (unpaired) electrons. The van der Waals surface area contributed by atoms with E-state index < -0.39 is 40.0 Å². The minimum absolute atomic E-state index is 0. The van der Waals surface area contributed by atoms with Crippen LogP contribution in [0.2, 0.25) is 0 Å². The summed E-state index contributed by atoms with van der Waals surface area (Å²) in [6, 6.07) is 18.2. The van der Waals surface area contributed by atoms with Crippen molar-refractivity contribution in [3.05, 3.63) is 83.4 Å². The molecule has 0 spiro atoms.